The maximum absolute atomic E-state index is 12.1. The lowest BCUT2D eigenvalue weighted by Gasteiger charge is -2.33. The van der Waals surface area contributed by atoms with Crippen LogP contribution in [0.5, 0.6) is 0 Å². The number of anilines is 1. The summed E-state index contributed by atoms with van der Waals surface area (Å²) in [5, 5.41) is 4.42. The first-order valence-corrected chi connectivity index (χ1v) is 8.16. The normalized spacial score (nSPS) is 17.9. The quantitative estimate of drug-likeness (QED) is 0.879. The van der Waals surface area contributed by atoms with E-state index in [1.807, 2.05) is 6.92 Å². The summed E-state index contributed by atoms with van der Waals surface area (Å²) in [4.78, 5) is 30.2. The predicted octanol–water partition coefficient (Wildman–Crippen LogP) is 0.480. The molecule has 0 bridgehead atoms. The number of carbonyl (C=O) groups excluding carboxylic acids is 1. The minimum absolute atomic E-state index is 0.0970. The second kappa shape index (κ2) is 6.46. The Hall–Kier alpha value is -2.64. The van der Waals surface area contributed by atoms with Crippen LogP contribution < -0.4 is 16.3 Å². The summed E-state index contributed by atoms with van der Waals surface area (Å²) in [7, 11) is 1.67. The minimum Gasteiger partial charge on any atom is -0.365 e. The minimum atomic E-state index is -0.483. The average molecular weight is 330 g/mol. The van der Waals surface area contributed by atoms with Crippen molar-refractivity contribution in [2.45, 2.75) is 32.2 Å². The van der Waals surface area contributed by atoms with Crippen molar-refractivity contribution in [2.75, 3.05) is 18.0 Å². The molecule has 1 atom stereocenters. The third kappa shape index (κ3) is 2.79. The van der Waals surface area contributed by atoms with Crippen molar-refractivity contribution in [3.8, 4) is 0 Å². The molecule has 2 aromatic heterocycles. The second-order valence-electron chi connectivity index (χ2n) is 6.03. The number of nitrogens with zero attached hydrogens (tertiary/aromatic N) is 5. The van der Waals surface area contributed by atoms with E-state index in [2.05, 4.69) is 15.0 Å². The molecule has 0 radical (unpaired) electrons. The number of aryl methyl sites for hydroxylation is 1. The zero-order valence-electron chi connectivity index (χ0n) is 14.0. The highest BCUT2D eigenvalue weighted by Gasteiger charge is 2.28. The van der Waals surface area contributed by atoms with Gasteiger partial charge in [-0.15, -0.1) is 0 Å². The van der Waals surface area contributed by atoms with Gasteiger partial charge in [0.15, 0.2) is 0 Å². The molecule has 8 heteroatoms. The Labute approximate surface area is 139 Å². The van der Waals surface area contributed by atoms with E-state index in [0.29, 0.717) is 24.5 Å². The van der Waals surface area contributed by atoms with Crippen molar-refractivity contribution < 1.29 is 4.79 Å². The van der Waals surface area contributed by atoms with Crippen molar-refractivity contribution in [2.24, 2.45) is 12.8 Å². The Morgan fingerprint density at radius 2 is 2.25 bits per heavy atom. The first kappa shape index (κ1) is 16.2. The number of hydrogen-bond acceptors (Lipinski definition) is 5. The number of hydrogen-bond donors (Lipinski definition) is 1. The lowest BCUT2D eigenvalue weighted by Crippen LogP contribution is -2.37. The molecule has 1 amide bonds. The lowest BCUT2D eigenvalue weighted by atomic mass is 9.96. The van der Waals surface area contributed by atoms with E-state index >= 15 is 0 Å². The third-order valence-corrected chi connectivity index (χ3v) is 4.49. The SMILES string of the molecule is CCn1c([C@H]2CCCN(c3ncccc3C(N)=O)C2)nn(C)c1=O. The van der Waals surface area contributed by atoms with E-state index in [4.69, 9.17) is 5.73 Å². The summed E-state index contributed by atoms with van der Waals surface area (Å²) >= 11 is 0. The molecule has 0 aromatic carbocycles. The Morgan fingerprint density at radius 1 is 1.46 bits per heavy atom. The molecule has 2 aromatic rings. The van der Waals surface area contributed by atoms with Crippen LogP contribution in [-0.2, 0) is 13.6 Å². The number of amides is 1. The molecule has 0 saturated carbocycles. The monoisotopic (exact) mass is 330 g/mol. The first-order chi connectivity index (χ1) is 11.5. The van der Waals surface area contributed by atoms with Crippen molar-refractivity contribution in [1.82, 2.24) is 19.3 Å². The van der Waals surface area contributed by atoms with Gasteiger partial charge in [-0.25, -0.2) is 14.5 Å². The molecule has 128 valence electrons. The van der Waals surface area contributed by atoms with Crippen molar-refractivity contribution >= 4 is 11.7 Å². The van der Waals surface area contributed by atoms with Gasteiger partial charge in [-0.3, -0.25) is 9.36 Å². The van der Waals surface area contributed by atoms with Gasteiger partial charge in [0.1, 0.15) is 11.6 Å². The smallest absolute Gasteiger partial charge is 0.345 e. The van der Waals surface area contributed by atoms with Crippen molar-refractivity contribution in [3.63, 3.8) is 0 Å². The number of primary amides is 1. The summed E-state index contributed by atoms with van der Waals surface area (Å²) in [5.41, 5.74) is 5.80. The summed E-state index contributed by atoms with van der Waals surface area (Å²) in [5.74, 6) is 1.04. The summed E-state index contributed by atoms with van der Waals surface area (Å²) in [6, 6.07) is 3.40. The van der Waals surface area contributed by atoms with Gasteiger partial charge in [0.2, 0.25) is 0 Å². The lowest BCUT2D eigenvalue weighted by molar-refractivity contribution is 0.100. The maximum Gasteiger partial charge on any atom is 0.345 e. The van der Waals surface area contributed by atoms with Crippen LogP contribution in [0.3, 0.4) is 0 Å². The fraction of sp³-hybridized carbons (Fsp3) is 0.500. The molecule has 3 heterocycles. The van der Waals surface area contributed by atoms with Crippen LogP contribution in [0.15, 0.2) is 23.1 Å². The van der Waals surface area contributed by atoms with Crippen LogP contribution >= 0.6 is 0 Å². The van der Waals surface area contributed by atoms with Gasteiger partial charge in [-0.05, 0) is 31.9 Å². The van der Waals surface area contributed by atoms with E-state index in [0.717, 1.165) is 25.2 Å². The Kier molecular flexibility index (Phi) is 4.37. The summed E-state index contributed by atoms with van der Waals surface area (Å²) < 4.78 is 3.09. The topological polar surface area (TPSA) is 99.0 Å². The second-order valence-corrected chi connectivity index (χ2v) is 6.03. The average Bonchev–Trinajstić information content (AvgIpc) is 2.89. The van der Waals surface area contributed by atoms with E-state index in [1.54, 1.807) is 29.9 Å². The molecule has 24 heavy (non-hydrogen) atoms. The number of rotatable bonds is 4. The van der Waals surface area contributed by atoms with Gasteiger partial charge in [0, 0.05) is 38.8 Å². The maximum atomic E-state index is 12.1. The summed E-state index contributed by atoms with van der Waals surface area (Å²) in [6.45, 7) is 4.00. The largest absolute Gasteiger partial charge is 0.365 e. The third-order valence-electron chi connectivity index (χ3n) is 4.49. The molecule has 0 spiro atoms. The molecule has 1 fully saturated rings. The molecule has 1 aliphatic heterocycles. The van der Waals surface area contributed by atoms with Gasteiger partial charge in [-0.1, -0.05) is 0 Å². The Morgan fingerprint density at radius 3 is 2.96 bits per heavy atom. The fourth-order valence-corrected chi connectivity index (χ4v) is 3.34. The van der Waals surface area contributed by atoms with Gasteiger partial charge in [0.05, 0.1) is 5.56 Å². The van der Waals surface area contributed by atoms with Gasteiger partial charge in [-0.2, -0.15) is 5.10 Å². The number of carbonyl (C=O) groups is 1. The predicted molar refractivity (Wildman–Crippen MR) is 90.1 cm³/mol. The van der Waals surface area contributed by atoms with Crippen molar-refractivity contribution in [1.29, 1.82) is 0 Å². The number of nitrogens with two attached hydrogens (primary N) is 1. The molecule has 2 N–H and O–H groups in total. The van der Waals surface area contributed by atoms with E-state index in [9.17, 15) is 9.59 Å². The zero-order valence-corrected chi connectivity index (χ0v) is 14.0. The molecule has 1 saturated heterocycles. The zero-order chi connectivity index (χ0) is 17.3. The molecular formula is C16H22N6O2. The van der Waals surface area contributed by atoms with Crippen LogP contribution in [0.1, 0.15) is 41.9 Å². The number of pyridine rings is 1. The van der Waals surface area contributed by atoms with Crippen LogP contribution in [0.4, 0.5) is 5.82 Å². The van der Waals surface area contributed by atoms with Crippen LogP contribution in [0.25, 0.3) is 0 Å². The fourth-order valence-electron chi connectivity index (χ4n) is 3.34. The van der Waals surface area contributed by atoms with Crippen LogP contribution in [0.2, 0.25) is 0 Å². The van der Waals surface area contributed by atoms with E-state index < -0.39 is 5.91 Å². The highest BCUT2D eigenvalue weighted by Crippen LogP contribution is 2.29. The van der Waals surface area contributed by atoms with Crippen LogP contribution in [0, 0.1) is 0 Å². The Bertz CT molecular complexity index is 809. The number of aromatic nitrogens is 4. The van der Waals surface area contributed by atoms with Gasteiger partial charge >= 0.3 is 5.69 Å². The molecule has 8 nitrogen and oxygen atoms in total. The molecule has 1 aliphatic rings. The highest BCUT2D eigenvalue weighted by atomic mass is 16.2. The van der Waals surface area contributed by atoms with E-state index in [-0.39, 0.29) is 11.6 Å². The van der Waals surface area contributed by atoms with E-state index in [1.165, 1.54) is 4.68 Å². The summed E-state index contributed by atoms with van der Waals surface area (Å²) in [6.07, 6.45) is 3.55. The highest BCUT2D eigenvalue weighted by molar-refractivity contribution is 5.97. The molecule has 3 rings (SSSR count). The Balaban J connectivity index is 1.92. The molecular weight excluding hydrogens is 308 g/mol. The van der Waals surface area contributed by atoms with Crippen molar-refractivity contribution in [3.05, 3.63) is 40.2 Å². The van der Waals surface area contributed by atoms with Gasteiger partial charge in [0.25, 0.3) is 5.91 Å². The number of piperidine rings is 1. The standard InChI is InChI=1S/C16H22N6O2/c1-3-22-14(19-20(2)16(22)24)11-6-5-9-21(10-11)15-12(13(17)23)7-4-8-18-15/h4,7-8,11H,3,5-6,9-10H2,1-2H3,(H2,17,23)/t11-/m0/s1. The molecule has 0 unspecified atom stereocenters. The first-order valence-electron chi connectivity index (χ1n) is 8.16. The molecule has 0 aliphatic carbocycles. The van der Waals surface area contributed by atoms with Crippen LogP contribution in [-0.4, -0.2) is 38.3 Å². The van der Waals surface area contributed by atoms with Gasteiger partial charge < -0.3 is 10.6 Å².